The first-order valence-corrected chi connectivity index (χ1v) is 7.88. The molecule has 0 aliphatic carbocycles. The van der Waals surface area contributed by atoms with Gasteiger partial charge in [-0.25, -0.2) is 4.79 Å². The molecule has 2 heterocycles. The summed E-state index contributed by atoms with van der Waals surface area (Å²) >= 11 is 3.88. The number of unbranched alkanes of at least 4 members (excludes halogenated alkanes) is 2. The number of nitrogens with zero attached hydrogens (tertiary/aromatic N) is 1. The van der Waals surface area contributed by atoms with Crippen LogP contribution < -0.4 is 11.2 Å². The molecule has 1 aromatic heterocycles. The van der Waals surface area contributed by atoms with Crippen molar-refractivity contribution in [2.45, 2.75) is 63.6 Å². The van der Waals surface area contributed by atoms with Gasteiger partial charge in [-0.2, -0.15) is 0 Å². The first-order valence-electron chi connectivity index (χ1n) is 7.52. The first kappa shape index (κ1) is 17.3. The lowest BCUT2D eigenvalue weighted by molar-refractivity contribution is -0.0720. The molecule has 124 valence electrons. The number of hydrogen-bond acceptors (Lipinski definition) is 6. The number of rotatable bonds is 7. The number of ether oxygens (including phenoxy) is 1. The number of aromatic amines is 1. The van der Waals surface area contributed by atoms with Crippen molar-refractivity contribution in [1.29, 1.82) is 0 Å². The molecule has 1 aromatic rings. The van der Waals surface area contributed by atoms with Crippen molar-refractivity contribution in [3.05, 3.63) is 33.1 Å². The van der Waals surface area contributed by atoms with Gasteiger partial charge in [0.05, 0.1) is 6.10 Å². The van der Waals surface area contributed by atoms with E-state index in [1.807, 2.05) is 0 Å². The summed E-state index contributed by atoms with van der Waals surface area (Å²) in [6, 6.07) is 1.25. The summed E-state index contributed by atoms with van der Waals surface area (Å²) < 4.78 is 12.2. The Morgan fingerprint density at radius 2 is 2.32 bits per heavy atom. The topological polar surface area (TPSA) is 93.5 Å². The Labute approximate surface area is 133 Å². The molecule has 7 nitrogen and oxygen atoms in total. The molecule has 8 heteroatoms. The van der Waals surface area contributed by atoms with Crippen LogP contribution in [0.5, 0.6) is 0 Å². The standard InChI is InChI=1S/C14H22N2O5S/c1-2-3-4-5-10(21-22)13-9(17)8-12(20-13)16-7-6-11(18)15-14(16)19/h6-7,9-10,12-13,17,22H,2-5,8H2,1H3,(H,15,18,19)/t9-,10?,12+,13-/m0/s1. The zero-order valence-electron chi connectivity index (χ0n) is 12.5. The summed E-state index contributed by atoms with van der Waals surface area (Å²) in [5, 5.41) is 10.2. The average Bonchev–Trinajstić information content (AvgIpc) is 2.85. The van der Waals surface area contributed by atoms with Crippen molar-refractivity contribution in [1.82, 2.24) is 9.55 Å². The molecule has 2 N–H and O–H groups in total. The van der Waals surface area contributed by atoms with Crippen LogP contribution in [-0.2, 0) is 8.92 Å². The third-order valence-corrected chi connectivity index (χ3v) is 4.16. The number of nitrogens with one attached hydrogen (secondary N) is 1. The maximum Gasteiger partial charge on any atom is 0.330 e. The fraction of sp³-hybridized carbons (Fsp3) is 0.714. The third-order valence-electron chi connectivity index (χ3n) is 3.89. The molecule has 0 aromatic carbocycles. The van der Waals surface area contributed by atoms with Crippen molar-refractivity contribution < 1.29 is 14.0 Å². The highest BCUT2D eigenvalue weighted by Crippen LogP contribution is 2.32. The molecule has 1 unspecified atom stereocenters. The van der Waals surface area contributed by atoms with Gasteiger partial charge < -0.3 is 14.0 Å². The van der Waals surface area contributed by atoms with Gasteiger partial charge in [-0.15, -0.1) is 0 Å². The van der Waals surface area contributed by atoms with Gasteiger partial charge in [0.15, 0.2) is 0 Å². The van der Waals surface area contributed by atoms with E-state index in [1.165, 1.54) is 16.8 Å². The van der Waals surface area contributed by atoms with E-state index in [0.717, 1.165) is 25.7 Å². The van der Waals surface area contributed by atoms with Crippen LogP contribution >= 0.6 is 12.9 Å². The molecule has 0 radical (unpaired) electrons. The Balaban J connectivity index is 2.07. The number of hydrogen-bond donors (Lipinski definition) is 3. The zero-order chi connectivity index (χ0) is 16.1. The molecular formula is C14H22N2O5S. The van der Waals surface area contributed by atoms with Crippen molar-refractivity contribution in [3.63, 3.8) is 0 Å². The molecule has 4 atom stereocenters. The monoisotopic (exact) mass is 330 g/mol. The molecule has 0 bridgehead atoms. The van der Waals surface area contributed by atoms with Crippen LogP contribution in [0.1, 0.15) is 45.3 Å². The van der Waals surface area contributed by atoms with E-state index < -0.39 is 29.7 Å². The van der Waals surface area contributed by atoms with Crippen LogP contribution in [0, 0.1) is 0 Å². The van der Waals surface area contributed by atoms with Crippen molar-refractivity contribution >= 4 is 12.9 Å². The summed E-state index contributed by atoms with van der Waals surface area (Å²) in [6.07, 6.45) is 3.22. The maximum absolute atomic E-state index is 11.8. The molecule has 22 heavy (non-hydrogen) atoms. The number of aliphatic hydroxyl groups is 1. The zero-order valence-corrected chi connectivity index (χ0v) is 13.4. The minimum Gasteiger partial charge on any atom is -0.390 e. The SMILES string of the molecule is CCCCCC(OS)[C@H]1O[C@@H](n2ccc(=O)[nH]c2=O)C[C@@H]1O. The lowest BCUT2D eigenvalue weighted by Gasteiger charge is -2.23. The van der Waals surface area contributed by atoms with E-state index in [4.69, 9.17) is 8.92 Å². The summed E-state index contributed by atoms with van der Waals surface area (Å²) in [5.41, 5.74) is -1.02. The lowest BCUT2D eigenvalue weighted by atomic mass is 10.0. The molecule has 1 aliphatic heterocycles. The fourth-order valence-electron chi connectivity index (χ4n) is 2.71. The molecule has 0 amide bonds. The summed E-state index contributed by atoms with van der Waals surface area (Å²) in [7, 11) is 0. The smallest absolute Gasteiger partial charge is 0.330 e. The Morgan fingerprint density at radius 3 is 2.95 bits per heavy atom. The van der Waals surface area contributed by atoms with Gasteiger partial charge in [0.1, 0.15) is 18.4 Å². The van der Waals surface area contributed by atoms with Gasteiger partial charge in [-0.3, -0.25) is 14.3 Å². The molecule has 1 fully saturated rings. The molecular weight excluding hydrogens is 308 g/mol. The van der Waals surface area contributed by atoms with Crippen LogP contribution in [0.25, 0.3) is 0 Å². The number of aromatic nitrogens is 2. The minimum absolute atomic E-state index is 0.262. The van der Waals surface area contributed by atoms with Gasteiger partial charge in [0, 0.05) is 18.7 Å². The Kier molecular flexibility index (Phi) is 6.25. The maximum atomic E-state index is 11.8. The van der Waals surface area contributed by atoms with Crippen LogP contribution in [0.2, 0.25) is 0 Å². The van der Waals surface area contributed by atoms with E-state index in [-0.39, 0.29) is 12.5 Å². The van der Waals surface area contributed by atoms with Crippen molar-refractivity contribution in [2.24, 2.45) is 0 Å². The van der Waals surface area contributed by atoms with Gasteiger partial charge in [0.2, 0.25) is 0 Å². The number of aliphatic hydroxyl groups excluding tert-OH is 1. The second-order valence-corrected chi connectivity index (χ2v) is 5.73. The highest BCUT2D eigenvalue weighted by atomic mass is 32.1. The van der Waals surface area contributed by atoms with E-state index in [9.17, 15) is 14.7 Å². The number of H-pyrrole nitrogens is 1. The van der Waals surface area contributed by atoms with E-state index >= 15 is 0 Å². The van der Waals surface area contributed by atoms with E-state index in [0.29, 0.717) is 0 Å². The van der Waals surface area contributed by atoms with Gasteiger partial charge >= 0.3 is 5.69 Å². The highest BCUT2D eigenvalue weighted by molar-refractivity contribution is 7.75. The molecule has 1 aliphatic rings. The summed E-state index contributed by atoms with van der Waals surface area (Å²) in [6.45, 7) is 2.11. The Morgan fingerprint density at radius 1 is 1.55 bits per heavy atom. The normalized spacial score (nSPS) is 26.2. The number of thiol groups is 1. The molecule has 0 saturated carbocycles. The first-order chi connectivity index (χ1) is 10.6. The van der Waals surface area contributed by atoms with E-state index in [1.54, 1.807) is 0 Å². The predicted octanol–water partition coefficient (Wildman–Crippen LogP) is 0.995. The van der Waals surface area contributed by atoms with Crippen LogP contribution in [0.15, 0.2) is 21.9 Å². The second kappa shape index (κ2) is 7.96. The quantitative estimate of drug-likeness (QED) is 0.394. The molecule has 0 spiro atoms. The van der Waals surface area contributed by atoms with Crippen molar-refractivity contribution in [3.8, 4) is 0 Å². The Hall–Kier alpha value is -1.09. The fourth-order valence-corrected chi connectivity index (χ4v) is 2.93. The van der Waals surface area contributed by atoms with Gasteiger partial charge in [0.25, 0.3) is 5.56 Å². The van der Waals surface area contributed by atoms with Gasteiger partial charge in [-0.05, 0) is 19.3 Å². The van der Waals surface area contributed by atoms with Crippen LogP contribution in [-0.4, -0.2) is 33.0 Å². The lowest BCUT2D eigenvalue weighted by Crippen LogP contribution is -2.35. The van der Waals surface area contributed by atoms with Crippen LogP contribution in [0.4, 0.5) is 0 Å². The second-order valence-electron chi connectivity index (χ2n) is 5.52. The van der Waals surface area contributed by atoms with Crippen molar-refractivity contribution in [2.75, 3.05) is 0 Å². The van der Waals surface area contributed by atoms with Gasteiger partial charge in [-0.1, -0.05) is 26.2 Å². The summed E-state index contributed by atoms with van der Waals surface area (Å²) in [4.78, 5) is 25.1. The Bertz CT molecular complexity index is 587. The van der Waals surface area contributed by atoms with Crippen LogP contribution in [0.3, 0.4) is 0 Å². The predicted molar refractivity (Wildman–Crippen MR) is 83.9 cm³/mol. The van der Waals surface area contributed by atoms with E-state index in [2.05, 4.69) is 24.8 Å². The average molecular weight is 330 g/mol. The largest absolute Gasteiger partial charge is 0.390 e. The summed E-state index contributed by atoms with van der Waals surface area (Å²) in [5.74, 6) is 0. The minimum atomic E-state index is -0.748. The molecule has 2 rings (SSSR count). The third kappa shape index (κ3) is 4.01. The highest BCUT2D eigenvalue weighted by Gasteiger charge is 2.40. The molecule has 1 saturated heterocycles.